The van der Waals surface area contributed by atoms with Crippen molar-refractivity contribution >= 4 is 33.0 Å². The van der Waals surface area contributed by atoms with Crippen molar-refractivity contribution in [2.45, 2.75) is 6.92 Å². The van der Waals surface area contributed by atoms with Crippen molar-refractivity contribution in [1.29, 1.82) is 0 Å². The molecule has 2 aromatic carbocycles. The van der Waals surface area contributed by atoms with Gasteiger partial charge in [-0.2, -0.15) is 0 Å². The molecule has 0 N–H and O–H groups in total. The first-order valence-electron chi connectivity index (χ1n) is 7.93. The number of aromatic nitrogens is 3. The molecule has 0 aliphatic rings. The molecule has 0 bridgehead atoms. The first-order valence-corrected chi connectivity index (χ1v) is 7.93. The van der Waals surface area contributed by atoms with E-state index in [1.54, 1.807) is 6.20 Å². The van der Waals surface area contributed by atoms with Crippen molar-refractivity contribution in [1.82, 2.24) is 14.5 Å². The molecule has 24 heavy (non-hydrogen) atoms. The van der Waals surface area contributed by atoms with Crippen LogP contribution in [0.25, 0.3) is 44.4 Å². The van der Waals surface area contributed by atoms with Crippen LogP contribution in [-0.2, 0) is 7.05 Å². The number of nitrogens with zero attached hydrogens (tertiary/aromatic N) is 3. The monoisotopic (exact) mass is 313 g/mol. The molecular formula is C20H15N3O. The van der Waals surface area contributed by atoms with Gasteiger partial charge in [0.25, 0.3) is 0 Å². The van der Waals surface area contributed by atoms with Gasteiger partial charge in [0.2, 0.25) is 0 Å². The molecule has 0 fully saturated rings. The Bertz CT molecular complexity index is 1230. The zero-order valence-corrected chi connectivity index (χ0v) is 13.4. The molecule has 5 rings (SSSR count). The lowest BCUT2D eigenvalue weighted by Crippen LogP contribution is -1.94. The Hall–Kier alpha value is -3.14. The van der Waals surface area contributed by atoms with Gasteiger partial charge < -0.3 is 8.98 Å². The second-order valence-corrected chi connectivity index (χ2v) is 6.04. The Kier molecular flexibility index (Phi) is 2.59. The molecular weight excluding hydrogens is 298 g/mol. The Morgan fingerprint density at radius 1 is 0.958 bits per heavy atom. The number of pyridine rings is 1. The number of hydrogen-bond acceptors (Lipinski definition) is 3. The predicted molar refractivity (Wildman–Crippen MR) is 96.0 cm³/mol. The molecule has 0 aliphatic heterocycles. The third kappa shape index (κ3) is 1.68. The Morgan fingerprint density at radius 2 is 1.79 bits per heavy atom. The van der Waals surface area contributed by atoms with Crippen LogP contribution < -0.4 is 0 Å². The van der Waals surface area contributed by atoms with Crippen LogP contribution in [-0.4, -0.2) is 14.5 Å². The number of hydrogen-bond donors (Lipinski definition) is 0. The largest absolute Gasteiger partial charge is 0.455 e. The summed E-state index contributed by atoms with van der Waals surface area (Å²) < 4.78 is 8.25. The zero-order chi connectivity index (χ0) is 16.3. The summed E-state index contributed by atoms with van der Waals surface area (Å²) in [6.45, 7) is 2.01. The molecule has 116 valence electrons. The molecule has 4 heteroatoms. The van der Waals surface area contributed by atoms with Crippen molar-refractivity contribution in [3.63, 3.8) is 0 Å². The van der Waals surface area contributed by atoms with E-state index in [1.165, 1.54) is 0 Å². The molecule has 3 heterocycles. The fourth-order valence-electron chi connectivity index (χ4n) is 3.51. The maximum absolute atomic E-state index is 6.15. The van der Waals surface area contributed by atoms with Crippen LogP contribution in [0.5, 0.6) is 0 Å². The summed E-state index contributed by atoms with van der Waals surface area (Å²) in [7, 11) is 2.03. The first kappa shape index (κ1) is 13.3. The average molecular weight is 313 g/mol. The van der Waals surface area contributed by atoms with E-state index in [4.69, 9.17) is 9.40 Å². The number of para-hydroxylation sites is 2. The van der Waals surface area contributed by atoms with Gasteiger partial charge in [0.15, 0.2) is 0 Å². The van der Waals surface area contributed by atoms with Gasteiger partial charge in [0, 0.05) is 24.0 Å². The van der Waals surface area contributed by atoms with Gasteiger partial charge in [0.05, 0.1) is 22.3 Å². The normalized spacial score (nSPS) is 11.8. The Labute approximate surface area is 138 Å². The van der Waals surface area contributed by atoms with Gasteiger partial charge in [0.1, 0.15) is 17.0 Å². The van der Waals surface area contributed by atoms with Crippen molar-refractivity contribution in [3.05, 3.63) is 60.4 Å². The van der Waals surface area contributed by atoms with E-state index in [0.29, 0.717) is 0 Å². The minimum atomic E-state index is 0.878. The summed E-state index contributed by atoms with van der Waals surface area (Å²) >= 11 is 0. The smallest absolute Gasteiger partial charge is 0.146 e. The molecule has 0 saturated carbocycles. The lowest BCUT2D eigenvalue weighted by atomic mass is 10.1. The quantitative estimate of drug-likeness (QED) is 0.444. The number of furan rings is 1. The molecule has 4 nitrogen and oxygen atoms in total. The second kappa shape index (κ2) is 4.68. The van der Waals surface area contributed by atoms with E-state index in [9.17, 15) is 0 Å². The van der Waals surface area contributed by atoms with Crippen molar-refractivity contribution in [3.8, 4) is 11.4 Å². The van der Waals surface area contributed by atoms with Gasteiger partial charge in [-0.15, -0.1) is 0 Å². The number of benzene rings is 2. The highest BCUT2D eigenvalue weighted by molar-refractivity contribution is 6.09. The minimum absolute atomic E-state index is 0.878. The lowest BCUT2D eigenvalue weighted by Gasteiger charge is -2.04. The van der Waals surface area contributed by atoms with Crippen LogP contribution >= 0.6 is 0 Å². The van der Waals surface area contributed by atoms with Crippen LogP contribution in [0.15, 0.2) is 59.1 Å². The fraction of sp³-hybridized carbons (Fsp3) is 0.100. The molecule has 0 aliphatic carbocycles. The summed E-state index contributed by atoms with van der Waals surface area (Å²) in [4.78, 5) is 9.21. The minimum Gasteiger partial charge on any atom is -0.455 e. The van der Waals surface area contributed by atoms with Gasteiger partial charge in [-0.25, -0.2) is 4.98 Å². The number of rotatable bonds is 1. The summed E-state index contributed by atoms with van der Waals surface area (Å²) in [6.07, 6.45) is 1.80. The van der Waals surface area contributed by atoms with E-state index >= 15 is 0 Å². The van der Waals surface area contributed by atoms with Crippen molar-refractivity contribution < 1.29 is 4.42 Å². The van der Waals surface area contributed by atoms with Crippen molar-refractivity contribution in [2.75, 3.05) is 0 Å². The second-order valence-electron chi connectivity index (χ2n) is 6.04. The third-order valence-electron chi connectivity index (χ3n) is 4.61. The molecule has 0 atom stereocenters. The maximum atomic E-state index is 6.15. The van der Waals surface area contributed by atoms with Crippen LogP contribution in [0, 0.1) is 6.92 Å². The van der Waals surface area contributed by atoms with Gasteiger partial charge in [-0.1, -0.05) is 30.3 Å². The average Bonchev–Trinajstić information content (AvgIpc) is 3.14. The highest BCUT2D eigenvalue weighted by atomic mass is 16.3. The standard InChI is InChI=1S/C20H15N3O/c1-12-18-16(10-11-21-12)22-20(23(18)2)15-8-5-7-14-13-6-3-4-9-17(13)24-19(14)15/h3-11H,1-2H3. The van der Waals surface area contributed by atoms with E-state index in [0.717, 1.165) is 50.1 Å². The van der Waals surface area contributed by atoms with Crippen LogP contribution in [0.4, 0.5) is 0 Å². The molecule has 0 radical (unpaired) electrons. The third-order valence-corrected chi connectivity index (χ3v) is 4.61. The lowest BCUT2D eigenvalue weighted by molar-refractivity contribution is 0.669. The van der Waals surface area contributed by atoms with Gasteiger partial charge in [-0.05, 0) is 25.1 Å². The molecule has 0 saturated heterocycles. The molecule has 0 unspecified atom stereocenters. The van der Waals surface area contributed by atoms with Crippen molar-refractivity contribution in [2.24, 2.45) is 7.05 Å². The van der Waals surface area contributed by atoms with E-state index in [1.807, 2.05) is 38.2 Å². The predicted octanol–water partition coefficient (Wildman–Crippen LogP) is 4.84. The zero-order valence-electron chi connectivity index (χ0n) is 13.4. The van der Waals surface area contributed by atoms with E-state index < -0.39 is 0 Å². The summed E-state index contributed by atoms with van der Waals surface area (Å²) in [6, 6.07) is 16.3. The summed E-state index contributed by atoms with van der Waals surface area (Å²) in [5.41, 5.74) is 5.76. The Balaban J connectivity index is 1.90. The maximum Gasteiger partial charge on any atom is 0.146 e. The topological polar surface area (TPSA) is 43.9 Å². The highest BCUT2D eigenvalue weighted by Crippen LogP contribution is 2.36. The molecule has 5 aromatic rings. The highest BCUT2D eigenvalue weighted by Gasteiger charge is 2.17. The number of fused-ring (bicyclic) bond motifs is 4. The fourth-order valence-corrected chi connectivity index (χ4v) is 3.51. The Morgan fingerprint density at radius 3 is 2.67 bits per heavy atom. The van der Waals surface area contributed by atoms with Gasteiger partial charge in [-0.3, -0.25) is 4.98 Å². The van der Waals surface area contributed by atoms with E-state index in [-0.39, 0.29) is 0 Å². The first-order chi connectivity index (χ1) is 11.7. The van der Waals surface area contributed by atoms with Crippen LogP contribution in [0.3, 0.4) is 0 Å². The molecule has 0 spiro atoms. The van der Waals surface area contributed by atoms with E-state index in [2.05, 4.69) is 33.8 Å². The molecule has 0 amide bonds. The van der Waals surface area contributed by atoms with Crippen LogP contribution in [0.2, 0.25) is 0 Å². The van der Waals surface area contributed by atoms with Crippen LogP contribution in [0.1, 0.15) is 5.69 Å². The summed E-state index contributed by atoms with van der Waals surface area (Å²) in [5, 5.41) is 2.25. The number of imidazole rings is 1. The molecule has 3 aromatic heterocycles. The summed E-state index contributed by atoms with van der Waals surface area (Å²) in [5.74, 6) is 0.894. The number of aryl methyl sites for hydroxylation is 2. The van der Waals surface area contributed by atoms with Gasteiger partial charge >= 0.3 is 0 Å². The SMILES string of the molecule is Cc1nccc2nc(-c3cccc4c3oc3ccccc34)n(C)c12.